The third-order valence-corrected chi connectivity index (χ3v) is 4.07. The van der Waals surface area contributed by atoms with Crippen LogP contribution < -0.4 is 5.32 Å². The van der Waals surface area contributed by atoms with Gasteiger partial charge >= 0.3 is 0 Å². The standard InChI is InChI=1S/C14H25NS/c1-3-4-5-6-7-8-10-13(15-2)14-11-9-12-16-14/h9,11-13,15H,3-8,10H2,1-2H3. The van der Waals surface area contributed by atoms with Gasteiger partial charge in [0, 0.05) is 10.9 Å². The largest absolute Gasteiger partial charge is 0.312 e. The van der Waals surface area contributed by atoms with Crippen LogP contribution in [0.25, 0.3) is 0 Å². The van der Waals surface area contributed by atoms with Crippen molar-refractivity contribution in [1.82, 2.24) is 5.32 Å². The first-order valence-electron chi connectivity index (χ1n) is 6.59. The molecule has 0 saturated heterocycles. The van der Waals surface area contributed by atoms with E-state index in [1.54, 1.807) is 0 Å². The van der Waals surface area contributed by atoms with Crippen molar-refractivity contribution in [1.29, 1.82) is 0 Å². The van der Waals surface area contributed by atoms with Crippen molar-refractivity contribution in [3.05, 3.63) is 22.4 Å². The first-order valence-corrected chi connectivity index (χ1v) is 7.47. The SMILES string of the molecule is CCCCCCCCC(NC)c1cccs1. The third-order valence-electron chi connectivity index (χ3n) is 3.08. The van der Waals surface area contributed by atoms with Gasteiger partial charge in [0.15, 0.2) is 0 Å². The molecule has 0 saturated carbocycles. The van der Waals surface area contributed by atoms with Crippen molar-refractivity contribution >= 4 is 11.3 Å². The molecule has 1 atom stereocenters. The Kier molecular flexibility index (Phi) is 7.52. The molecule has 2 heteroatoms. The van der Waals surface area contributed by atoms with Gasteiger partial charge in [0.2, 0.25) is 0 Å². The molecule has 1 unspecified atom stereocenters. The highest BCUT2D eigenvalue weighted by Gasteiger charge is 2.08. The van der Waals surface area contributed by atoms with E-state index in [2.05, 4.69) is 36.8 Å². The minimum absolute atomic E-state index is 0.575. The quantitative estimate of drug-likeness (QED) is 0.613. The Balaban J connectivity index is 2.11. The van der Waals surface area contributed by atoms with Gasteiger partial charge in [-0.3, -0.25) is 0 Å². The van der Waals surface area contributed by atoms with Crippen LogP contribution in [0.4, 0.5) is 0 Å². The lowest BCUT2D eigenvalue weighted by Crippen LogP contribution is -2.14. The highest BCUT2D eigenvalue weighted by atomic mass is 32.1. The second-order valence-electron chi connectivity index (χ2n) is 4.41. The van der Waals surface area contributed by atoms with E-state index in [0.29, 0.717) is 6.04 Å². The maximum atomic E-state index is 3.42. The van der Waals surface area contributed by atoms with Gasteiger partial charge in [-0.25, -0.2) is 0 Å². The van der Waals surface area contributed by atoms with Crippen molar-refractivity contribution in [2.24, 2.45) is 0 Å². The second kappa shape index (κ2) is 8.77. The van der Waals surface area contributed by atoms with Crippen molar-refractivity contribution in [3.8, 4) is 0 Å². The Morgan fingerprint density at radius 1 is 1.19 bits per heavy atom. The molecule has 0 aliphatic heterocycles. The topological polar surface area (TPSA) is 12.0 Å². The predicted molar refractivity (Wildman–Crippen MR) is 74.1 cm³/mol. The molecule has 0 aliphatic carbocycles. The minimum Gasteiger partial charge on any atom is -0.312 e. The highest BCUT2D eigenvalue weighted by Crippen LogP contribution is 2.23. The molecule has 1 N–H and O–H groups in total. The molecule has 0 aliphatic rings. The van der Waals surface area contributed by atoms with E-state index in [-0.39, 0.29) is 0 Å². The number of thiophene rings is 1. The van der Waals surface area contributed by atoms with E-state index in [9.17, 15) is 0 Å². The Morgan fingerprint density at radius 2 is 1.94 bits per heavy atom. The van der Waals surface area contributed by atoms with Gasteiger partial charge in [0.1, 0.15) is 0 Å². The van der Waals surface area contributed by atoms with Gasteiger partial charge in [0.05, 0.1) is 0 Å². The molecular weight excluding hydrogens is 214 g/mol. The smallest absolute Gasteiger partial charge is 0.0412 e. The summed E-state index contributed by atoms with van der Waals surface area (Å²) in [5, 5.41) is 5.58. The zero-order chi connectivity index (χ0) is 11.6. The fourth-order valence-electron chi connectivity index (χ4n) is 2.05. The molecule has 16 heavy (non-hydrogen) atoms. The Morgan fingerprint density at radius 3 is 2.56 bits per heavy atom. The molecule has 92 valence electrons. The Labute approximate surface area is 104 Å². The van der Waals surface area contributed by atoms with Crippen LogP contribution >= 0.6 is 11.3 Å². The zero-order valence-corrected chi connectivity index (χ0v) is 11.5. The lowest BCUT2D eigenvalue weighted by atomic mass is 10.0. The first-order chi connectivity index (χ1) is 7.88. The van der Waals surface area contributed by atoms with Crippen LogP contribution in [0.5, 0.6) is 0 Å². The van der Waals surface area contributed by atoms with E-state index < -0.39 is 0 Å². The number of hydrogen-bond donors (Lipinski definition) is 1. The second-order valence-corrected chi connectivity index (χ2v) is 5.39. The summed E-state index contributed by atoms with van der Waals surface area (Å²) in [5.74, 6) is 0. The van der Waals surface area contributed by atoms with Crippen molar-refractivity contribution in [3.63, 3.8) is 0 Å². The summed E-state index contributed by atoms with van der Waals surface area (Å²) in [6.07, 6.45) is 9.60. The van der Waals surface area contributed by atoms with E-state index in [0.717, 1.165) is 0 Å². The summed E-state index contributed by atoms with van der Waals surface area (Å²) >= 11 is 1.87. The van der Waals surface area contributed by atoms with Gasteiger partial charge in [-0.1, -0.05) is 51.5 Å². The van der Waals surface area contributed by atoms with Gasteiger partial charge < -0.3 is 5.32 Å². The molecule has 0 amide bonds. The van der Waals surface area contributed by atoms with E-state index in [4.69, 9.17) is 0 Å². The molecule has 1 aromatic rings. The molecule has 1 heterocycles. The third kappa shape index (κ3) is 5.13. The number of unbranched alkanes of at least 4 members (excludes halogenated alkanes) is 5. The summed E-state index contributed by atoms with van der Waals surface area (Å²) in [6.45, 7) is 2.27. The molecule has 0 fully saturated rings. The molecule has 0 spiro atoms. The molecule has 1 rings (SSSR count). The van der Waals surface area contributed by atoms with Crippen LogP contribution in [0.1, 0.15) is 62.8 Å². The van der Waals surface area contributed by atoms with Crippen LogP contribution in [0.3, 0.4) is 0 Å². The van der Waals surface area contributed by atoms with Gasteiger partial charge in [-0.05, 0) is 24.9 Å². The number of nitrogens with one attached hydrogen (secondary N) is 1. The first kappa shape index (κ1) is 13.7. The zero-order valence-electron chi connectivity index (χ0n) is 10.7. The number of hydrogen-bond acceptors (Lipinski definition) is 2. The maximum absolute atomic E-state index is 3.42. The number of rotatable bonds is 9. The van der Waals surface area contributed by atoms with Crippen LogP contribution in [0.2, 0.25) is 0 Å². The molecule has 1 nitrogen and oxygen atoms in total. The lowest BCUT2D eigenvalue weighted by molar-refractivity contribution is 0.503. The van der Waals surface area contributed by atoms with Crippen LogP contribution in [-0.4, -0.2) is 7.05 Å². The molecule has 0 bridgehead atoms. The van der Waals surface area contributed by atoms with E-state index in [1.807, 2.05) is 11.3 Å². The monoisotopic (exact) mass is 239 g/mol. The molecule has 1 aromatic heterocycles. The molecule has 0 radical (unpaired) electrons. The van der Waals surface area contributed by atoms with Crippen LogP contribution in [0, 0.1) is 0 Å². The van der Waals surface area contributed by atoms with Crippen molar-refractivity contribution in [2.75, 3.05) is 7.05 Å². The van der Waals surface area contributed by atoms with E-state index >= 15 is 0 Å². The molecule has 0 aromatic carbocycles. The predicted octanol–water partition coefficient (Wildman–Crippen LogP) is 4.76. The Hall–Kier alpha value is -0.340. The lowest BCUT2D eigenvalue weighted by Gasteiger charge is -2.14. The average Bonchev–Trinajstić information content (AvgIpc) is 2.82. The minimum atomic E-state index is 0.575. The summed E-state index contributed by atoms with van der Waals surface area (Å²) < 4.78 is 0. The molecular formula is C14H25NS. The average molecular weight is 239 g/mol. The summed E-state index contributed by atoms with van der Waals surface area (Å²) in [5.41, 5.74) is 0. The fraction of sp³-hybridized carbons (Fsp3) is 0.714. The summed E-state index contributed by atoms with van der Waals surface area (Å²) in [7, 11) is 2.07. The summed E-state index contributed by atoms with van der Waals surface area (Å²) in [6, 6.07) is 4.96. The van der Waals surface area contributed by atoms with Crippen LogP contribution in [-0.2, 0) is 0 Å². The van der Waals surface area contributed by atoms with Crippen molar-refractivity contribution < 1.29 is 0 Å². The highest BCUT2D eigenvalue weighted by molar-refractivity contribution is 7.10. The Bertz CT molecular complexity index is 243. The van der Waals surface area contributed by atoms with E-state index in [1.165, 1.54) is 49.8 Å². The maximum Gasteiger partial charge on any atom is 0.0412 e. The van der Waals surface area contributed by atoms with Gasteiger partial charge in [-0.15, -0.1) is 11.3 Å². The van der Waals surface area contributed by atoms with Gasteiger partial charge in [0.25, 0.3) is 0 Å². The van der Waals surface area contributed by atoms with Crippen LogP contribution in [0.15, 0.2) is 17.5 Å². The van der Waals surface area contributed by atoms with Crippen molar-refractivity contribution in [2.45, 2.75) is 57.9 Å². The summed E-state index contributed by atoms with van der Waals surface area (Å²) in [4.78, 5) is 1.48. The normalized spacial score (nSPS) is 12.9. The van der Waals surface area contributed by atoms with Gasteiger partial charge in [-0.2, -0.15) is 0 Å². The fourth-order valence-corrected chi connectivity index (χ4v) is 2.92.